The molecule has 3 amide bonds. The molecule has 2 aromatic carbocycles. The van der Waals surface area contributed by atoms with E-state index in [1.165, 1.54) is 4.90 Å². The smallest absolute Gasteiger partial charge is 0.309 e. The van der Waals surface area contributed by atoms with Gasteiger partial charge in [0.05, 0.1) is 5.69 Å². The number of likely N-dealkylation sites (N-methyl/N-ethyl adjacent to an activating group) is 1. The van der Waals surface area contributed by atoms with Crippen LogP contribution in [0.2, 0.25) is 10.0 Å². The second-order valence-corrected chi connectivity index (χ2v) is 7.10. The first-order chi connectivity index (χ1) is 11.9. The summed E-state index contributed by atoms with van der Waals surface area (Å²) in [5.41, 5.74) is 0.431. The SMILES string of the molecule is CCN1C(=O)N(c2cc(Cl)cc(Cl)c2)C(=O)C1(C)Cc1ccccc1. The van der Waals surface area contributed by atoms with Gasteiger partial charge in [-0.2, -0.15) is 0 Å². The second-order valence-electron chi connectivity index (χ2n) is 6.23. The number of carbonyl (C=O) groups is 2. The van der Waals surface area contributed by atoms with Gasteiger partial charge in [-0.1, -0.05) is 53.5 Å². The van der Waals surface area contributed by atoms with Gasteiger partial charge in [0.1, 0.15) is 5.54 Å². The molecule has 25 heavy (non-hydrogen) atoms. The highest BCUT2D eigenvalue weighted by Crippen LogP contribution is 2.36. The molecule has 4 nitrogen and oxygen atoms in total. The Kier molecular flexibility index (Phi) is 4.76. The monoisotopic (exact) mass is 376 g/mol. The van der Waals surface area contributed by atoms with E-state index in [0.29, 0.717) is 28.7 Å². The number of amides is 3. The molecule has 0 N–H and O–H groups in total. The van der Waals surface area contributed by atoms with Crippen molar-refractivity contribution in [2.75, 3.05) is 11.4 Å². The first-order valence-corrected chi connectivity index (χ1v) is 8.78. The molecule has 2 aromatic rings. The largest absolute Gasteiger partial charge is 0.332 e. The molecular formula is C19H18Cl2N2O2. The third kappa shape index (κ3) is 3.12. The van der Waals surface area contributed by atoms with Crippen LogP contribution >= 0.6 is 23.2 Å². The van der Waals surface area contributed by atoms with Gasteiger partial charge in [-0.05, 0) is 37.6 Å². The summed E-state index contributed by atoms with van der Waals surface area (Å²) in [6, 6.07) is 14.0. The van der Waals surface area contributed by atoms with E-state index >= 15 is 0 Å². The van der Waals surface area contributed by atoms with Crippen molar-refractivity contribution in [2.45, 2.75) is 25.8 Å². The van der Waals surface area contributed by atoms with Gasteiger partial charge in [0, 0.05) is 23.0 Å². The number of benzene rings is 2. The molecule has 6 heteroatoms. The fourth-order valence-electron chi connectivity index (χ4n) is 3.32. The van der Waals surface area contributed by atoms with E-state index < -0.39 is 5.54 Å². The van der Waals surface area contributed by atoms with Crippen molar-refractivity contribution in [1.29, 1.82) is 0 Å². The van der Waals surface area contributed by atoms with Crippen molar-refractivity contribution in [3.63, 3.8) is 0 Å². The summed E-state index contributed by atoms with van der Waals surface area (Å²) in [5, 5.41) is 0.755. The van der Waals surface area contributed by atoms with Crippen molar-refractivity contribution in [2.24, 2.45) is 0 Å². The molecule has 0 saturated carbocycles. The van der Waals surface area contributed by atoms with E-state index in [0.717, 1.165) is 5.56 Å². The molecule has 0 aliphatic carbocycles. The van der Waals surface area contributed by atoms with Crippen LogP contribution in [0.3, 0.4) is 0 Å². The van der Waals surface area contributed by atoms with Gasteiger partial charge in [-0.25, -0.2) is 9.69 Å². The van der Waals surface area contributed by atoms with Crippen LogP contribution in [0.15, 0.2) is 48.5 Å². The normalized spacial score (nSPS) is 20.5. The molecule has 0 aromatic heterocycles. The predicted molar refractivity (Wildman–Crippen MR) is 100 cm³/mol. The molecule has 1 atom stereocenters. The van der Waals surface area contributed by atoms with Crippen LogP contribution in [0.25, 0.3) is 0 Å². The van der Waals surface area contributed by atoms with Crippen molar-refractivity contribution in [3.05, 3.63) is 64.1 Å². The average Bonchev–Trinajstić information content (AvgIpc) is 2.73. The zero-order valence-electron chi connectivity index (χ0n) is 14.0. The Bertz CT molecular complexity index is 805. The summed E-state index contributed by atoms with van der Waals surface area (Å²) in [4.78, 5) is 28.9. The summed E-state index contributed by atoms with van der Waals surface area (Å²) >= 11 is 12.1. The number of imide groups is 1. The quantitative estimate of drug-likeness (QED) is 0.720. The van der Waals surface area contributed by atoms with Crippen LogP contribution in [0.1, 0.15) is 19.4 Å². The summed E-state index contributed by atoms with van der Waals surface area (Å²) in [6.45, 7) is 4.09. The molecule has 1 unspecified atom stereocenters. The number of carbonyl (C=O) groups excluding carboxylic acids is 2. The molecule has 1 aliphatic heterocycles. The molecule has 130 valence electrons. The Morgan fingerprint density at radius 3 is 2.16 bits per heavy atom. The zero-order chi connectivity index (χ0) is 18.2. The third-order valence-electron chi connectivity index (χ3n) is 4.49. The van der Waals surface area contributed by atoms with Crippen molar-refractivity contribution < 1.29 is 9.59 Å². The van der Waals surface area contributed by atoms with Gasteiger partial charge in [0.25, 0.3) is 5.91 Å². The molecule has 1 heterocycles. The Morgan fingerprint density at radius 1 is 1.00 bits per heavy atom. The first-order valence-electron chi connectivity index (χ1n) is 8.03. The first kappa shape index (κ1) is 17.8. The number of rotatable bonds is 4. The fourth-order valence-corrected chi connectivity index (χ4v) is 3.83. The Hall–Kier alpha value is -2.04. The lowest BCUT2D eigenvalue weighted by Crippen LogP contribution is -2.48. The molecular weight excluding hydrogens is 359 g/mol. The lowest BCUT2D eigenvalue weighted by atomic mass is 9.91. The minimum absolute atomic E-state index is 0.276. The van der Waals surface area contributed by atoms with Gasteiger partial charge in [0.15, 0.2) is 0 Å². The Balaban J connectivity index is 2.03. The van der Waals surface area contributed by atoms with Gasteiger partial charge in [0.2, 0.25) is 0 Å². The number of halogens is 2. The highest BCUT2D eigenvalue weighted by molar-refractivity contribution is 6.35. The Morgan fingerprint density at radius 2 is 1.60 bits per heavy atom. The number of anilines is 1. The Labute approximate surface area is 156 Å². The fraction of sp³-hybridized carbons (Fsp3) is 0.263. The molecule has 0 bridgehead atoms. The van der Waals surface area contributed by atoms with Crippen molar-refractivity contribution >= 4 is 40.8 Å². The molecule has 0 radical (unpaired) electrons. The van der Waals surface area contributed by atoms with Crippen LogP contribution in [0, 0.1) is 0 Å². The maximum atomic E-state index is 13.2. The molecule has 1 fully saturated rings. The molecule has 1 saturated heterocycles. The van der Waals surface area contributed by atoms with Gasteiger partial charge >= 0.3 is 6.03 Å². The zero-order valence-corrected chi connectivity index (χ0v) is 15.5. The second kappa shape index (κ2) is 6.70. The average molecular weight is 377 g/mol. The minimum Gasteiger partial charge on any atom is -0.309 e. The van der Waals surface area contributed by atoms with Crippen LogP contribution in [-0.4, -0.2) is 28.9 Å². The van der Waals surface area contributed by atoms with E-state index in [2.05, 4.69) is 0 Å². The summed E-state index contributed by atoms with van der Waals surface area (Å²) in [6.07, 6.45) is 0.442. The molecule has 3 rings (SSSR count). The van der Waals surface area contributed by atoms with E-state index in [9.17, 15) is 9.59 Å². The van der Waals surface area contributed by atoms with Gasteiger partial charge in [-0.3, -0.25) is 4.79 Å². The maximum absolute atomic E-state index is 13.2. The number of nitrogens with zero attached hydrogens (tertiary/aromatic N) is 2. The topological polar surface area (TPSA) is 40.6 Å². The van der Waals surface area contributed by atoms with E-state index in [-0.39, 0.29) is 11.9 Å². The minimum atomic E-state index is -0.956. The number of hydrogen-bond donors (Lipinski definition) is 0. The summed E-state index contributed by atoms with van der Waals surface area (Å²) in [7, 11) is 0. The number of urea groups is 1. The number of hydrogen-bond acceptors (Lipinski definition) is 2. The highest BCUT2D eigenvalue weighted by Gasteiger charge is 2.54. The standard InChI is InChI=1S/C19H18Cl2N2O2/c1-3-22-18(25)23(16-10-14(20)9-15(21)11-16)17(24)19(22,2)12-13-7-5-4-6-8-13/h4-11H,3,12H2,1-2H3. The lowest BCUT2D eigenvalue weighted by molar-refractivity contribution is -0.124. The van der Waals surface area contributed by atoms with Crippen molar-refractivity contribution in [1.82, 2.24) is 4.90 Å². The van der Waals surface area contributed by atoms with Crippen LogP contribution in [-0.2, 0) is 11.2 Å². The van der Waals surface area contributed by atoms with Crippen molar-refractivity contribution in [3.8, 4) is 0 Å². The van der Waals surface area contributed by atoms with E-state index in [1.54, 1.807) is 30.0 Å². The van der Waals surface area contributed by atoms with E-state index in [4.69, 9.17) is 23.2 Å². The van der Waals surface area contributed by atoms with E-state index in [1.807, 2.05) is 37.3 Å². The van der Waals surface area contributed by atoms with Gasteiger partial charge in [-0.15, -0.1) is 0 Å². The maximum Gasteiger partial charge on any atom is 0.332 e. The molecule has 0 spiro atoms. The van der Waals surface area contributed by atoms with Gasteiger partial charge < -0.3 is 4.90 Å². The molecule has 1 aliphatic rings. The summed E-state index contributed by atoms with van der Waals surface area (Å²) in [5.74, 6) is -0.276. The predicted octanol–water partition coefficient (Wildman–Crippen LogP) is 4.78. The highest BCUT2D eigenvalue weighted by atomic mass is 35.5. The van der Waals surface area contributed by atoms with Crippen LogP contribution in [0.5, 0.6) is 0 Å². The third-order valence-corrected chi connectivity index (χ3v) is 4.93. The van der Waals surface area contributed by atoms with Crippen LogP contribution < -0.4 is 4.90 Å². The van der Waals surface area contributed by atoms with Crippen LogP contribution in [0.4, 0.5) is 10.5 Å². The summed E-state index contributed by atoms with van der Waals surface area (Å²) < 4.78 is 0. The lowest BCUT2D eigenvalue weighted by Gasteiger charge is -2.30.